The Morgan fingerprint density at radius 1 is 1.23 bits per heavy atom. The zero-order valence-electron chi connectivity index (χ0n) is 15.0. The average molecular weight is 361 g/mol. The number of nitrogens with zero attached hydrogens (tertiary/aromatic N) is 3. The predicted octanol–water partition coefficient (Wildman–Crippen LogP) is 3.11. The molecule has 3 rings (SSSR count). The minimum atomic E-state index is -0.944. The molecule has 1 aromatic heterocycles. The van der Waals surface area contributed by atoms with Gasteiger partial charge in [-0.25, -0.2) is 13.8 Å². The third-order valence-corrected chi connectivity index (χ3v) is 4.58. The highest BCUT2D eigenvalue weighted by Gasteiger charge is 2.37. The third kappa shape index (κ3) is 3.34. The van der Waals surface area contributed by atoms with E-state index in [0.29, 0.717) is 25.7 Å². The number of amides is 1. The fraction of sp³-hybridized carbons (Fsp3) is 0.368. The summed E-state index contributed by atoms with van der Waals surface area (Å²) >= 11 is 0. The van der Waals surface area contributed by atoms with Crippen molar-refractivity contribution in [3.05, 3.63) is 53.9 Å². The van der Waals surface area contributed by atoms with Crippen molar-refractivity contribution >= 4 is 11.6 Å². The third-order valence-electron chi connectivity index (χ3n) is 4.58. The molecule has 0 N–H and O–H groups in total. The van der Waals surface area contributed by atoms with Gasteiger partial charge in [0.2, 0.25) is 0 Å². The molecule has 1 fully saturated rings. The van der Waals surface area contributed by atoms with Gasteiger partial charge in [0.15, 0.2) is 11.5 Å². The smallest absolute Gasteiger partial charge is 0.275 e. The van der Waals surface area contributed by atoms with Crippen molar-refractivity contribution in [1.82, 2.24) is 9.88 Å². The molecule has 0 unspecified atom stereocenters. The normalized spacial score (nSPS) is 16.5. The van der Waals surface area contributed by atoms with Crippen LogP contribution in [0, 0.1) is 11.6 Å². The second-order valence-corrected chi connectivity index (χ2v) is 6.85. The molecule has 0 bridgehead atoms. The van der Waals surface area contributed by atoms with Crippen molar-refractivity contribution in [3.8, 4) is 5.75 Å². The van der Waals surface area contributed by atoms with Crippen LogP contribution >= 0.6 is 0 Å². The van der Waals surface area contributed by atoms with Gasteiger partial charge < -0.3 is 14.5 Å². The van der Waals surface area contributed by atoms with Gasteiger partial charge in [-0.2, -0.15) is 0 Å². The van der Waals surface area contributed by atoms with Crippen molar-refractivity contribution in [2.24, 2.45) is 0 Å². The maximum atomic E-state index is 13.9. The number of anilines is 1. The SMILES string of the molecule is COc1ccccc1N1CCN(C(=O)c2ncc(F)cc2F)CC1(C)C. The Morgan fingerprint density at radius 2 is 1.96 bits per heavy atom. The lowest BCUT2D eigenvalue weighted by Crippen LogP contribution is -2.61. The Hall–Kier alpha value is -2.70. The number of methoxy groups -OCH3 is 1. The van der Waals surface area contributed by atoms with E-state index in [-0.39, 0.29) is 5.69 Å². The van der Waals surface area contributed by atoms with E-state index in [1.54, 1.807) is 12.0 Å². The molecular formula is C19H21F2N3O2. The van der Waals surface area contributed by atoms with Gasteiger partial charge in [-0.1, -0.05) is 12.1 Å². The number of para-hydroxylation sites is 2. The van der Waals surface area contributed by atoms with Crippen molar-refractivity contribution in [3.63, 3.8) is 0 Å². The lowest BCUT2D eigenvalue weighted by atomic mass is 9.97. The lowest BCUT2D eigenvalue weighted by Gasteiger charge is -2.48. The fourth-order valence-electron chi connectivity index (χ4n) is 3.35. The van der Waals surface area contributed by atoms with Crippen LogP contribution in [0.3, 0.4) is 0 Å². The number of hydrogen-bond donors (Lipinski definition) is 0. The number of hydrogen-bond acceptors (Lipinski definition) is 4. The number of rotatable bonds is 3. The summed E-state index contributed by atoms with van der Waals surface area (Å²) in [6.45, 7) is 5.35. The lowest BCUT2D eigenvalue weighted by molar-refractivity contribution is 0.0674. The average Bonchev–Trinajstić information content (AvgIpc) is 2.60. The molecule has 1 aliphatic heterocycles. The first-order valence-electron chi connectivity index (χ1n) is 8.34. The highest BCUT2D eigenvalue weighted by Crippen LogP contribution is 2.35. The number of carbonyl (C=O) groups is 1. The molecule has 1 aromatic carbocycles. The van der Waals surface area contributed by atoms with Gasteiger partial charge in [-0.15, -0.1) is 0 Å². The summed E-state index contributed by atoms with van der Waals surface area (Å²) in [5, 5.41) is 0. The number of pyridine rings is 1. The van der Waals surface area contributed by atoms with Gasteiger partial charge in [0.25, 0.3) is 5.91 Å². The zero-order valence-corrected chi connectivity index (χ0v) is 15.0. The second kappa shape index (κ2) is 6.90. The van der Waals surface area contributed by atoms with Crippen molar-refractivity contribution < 1.29 is 18.3 Å². The van der Waals surface area contributed by atoms with Crippen LogP contribution in [0.2, 0.25) is 0 Å². The van der Waals surface area contributed by atoms with E-state index in [0.717, 1.165) is 17.6 Å². The number of aromatic nitrogens is 1. The van der Waals surface area contributed by atoms with E-state index in [1.807, 2.05) is 38.1 Å². The topological polar surface area (TPSA) is 45.7 Å². The van der Waals surface area contributed by atoms with Crippen LogP contribution in [0.25, 0.3) is 0 Å². The number of carbonyl (C=O) groups excluding carboxylic acids is 1. The molecule has 0 saturated carbocycles. The van der Waals surface area contributed by atoms with E-state index in [4.69, 9.17) is 4.74 Å². The molecular weight excluding hydrogens is 340 g/mol. The predicted molar refractivity (Wildman–Crippen MR) is 94.5 cm³/mol. The van der Waals surface area contributed by atoms with Crippen LogP contribution in [0.1, 0.15) is 24.3 Å². The standard InChI is InChI=1S/C19H21F2N3O2/c1-19(2)12-23(18(25)17-14(21)10-13(20)11-22-17)8-9-24(19)15-6-4-5-7-16(15)26-3/h4-7,10-11H,8-9,12H2,1-3H3. The highest BCUT2D eigenvalue weighted by molar-refractivity contribution is 5.92. The summed E-state index contributed by atoms with van der Waals surface area (Å²) in [5.74, 6) is -1.53. The molecule has 138 valence electrons. The molecule has 0 atom stereocenters. The summed E-state index contributed by atoms with van der Waals surface area (Å²) in [5.41, 5.74) is 0.185. The highest BCUT2D eigenvalue weighted by atomic mass is 19.1. The fourth-order valence-corrected chi connectivity index (χ4v) is 3.35. The molecule has 1 aliphatic rings. The van der Waals surface area contributed by atoms with Crippen molar-refractivity contribution in [2.75, 3.05) is 31.6 Å². The monoisotopic (exact) mass is 361 g/mol. The minimum absolute atomic E-state index is 0.354. The largest absolute Gasteiger partial charge is 0.495 e. The molecule has 7 heteroatoms. The van der Waals surface area contributed by atoms with Gasteiger partial charge >= 0.3 is 0 Å². The van der Waals surface area contributed by atoms with E-state index in [1.165, 1.54) is 0 Å². The first-order valence-corrected chi connectivity index (χ1v) is 8.34. The summed E-state index contributed by atoms with van der Waals surface area (Å²) in [6, 6.07) is 8.37. The minimum Gasteiger partial charge on any atom is -0.495 e. The Labute approximate surface area is 151 Å². The Morgan fingerprint density at radius 3 is 2.62 bits per heavy atom. The van der Waals surface area contributed by atoms with Crippen molar-refractivity contribution in [1.29, 1.82) is 0 Å². The summed E-state index contributed by atoms with van der Waals surface area (Å²) in [6.07, 6.45) is 0.854. The molecule has 1 saturated heterocycles. The number of piperazine rings is 1. The van der Waals surface area contributed by atoms with E-state index >= 15 is 0 Å². The van der Waals surface area contributed by atoms with E-state index < -0.39 is 23.1 Å². The Balaban J connectivity index is 1.83. The quantitative estimate of drug-likeness (QED) is 0.843. The molecule has 5 nitrogen and oxygen atoms in total. The number of benzene rings is 1. The molecule has 2 heterocycles. The van der Waals surface area contributed by atoms with Crippen molar-refractivity contribution in [2.45, 2.75) is 19.4 Å². The van der Waals surface area contributed by atoms with Crippen LogP contribution in [0.4, 0.5) is 14.5 Å². The van der Waals surface area contributed by atoms with E-state index in [9.17, 15) is 13.6 Å². The summed E-state index contributed by atoms with van der Waals surface area (Å²) in [7, 11) is 1.62. The number of ether oxygens (including phenoxy) is 1. The van der Waals surface area contributed by atoms with E-state index in [2.05, 4.69) is 9.88 Å². The van der Waals surface area contributed by atoms with Crippen LogP contribution < -0.4 is 9.64 Å². The summed E-state index contributed by atoms with van der Waals surface area (Å²) in [4.78, 5) is 20.0. The van der Waals surface area contributed by atoms with Crippen LogP contribution in [0.15, 0.2) is 36.5 Å². The zero-order chi connectivity index (χ0) is 18.9. The molecule has 2 aromatic rings. The van der Waals surface area contributed by atoms with Gasteiger partial charge in [-0.05, 0) is 26.0 Å². The maximum Gasteiger partial charge on any atom is 0.275 e. The Kier molecular flexibility index (Phi) is 4.80. The first kappa shape index (κ1) is 18.1. The van der Waals surface area contributed by atoms with Crippen LogP contribution in [-0.4, -0.2) is 48.1 Å². The Bertz CT molecular complexity index is 826. The molecule has 0 radical (unpaired) electrons. The second-order valence-electron chi connectivity index (χ2n) is 6.85. The maximum absolute atomic E-state index is 13.9. The van der Waals surface area contributed by atoms with Gasteiger partial charge in [0.05, 0.1) is 24.5 Å². The molecule has 1 amide bonds. The number of halogens is 2. The van der Waals surface area contributed by atoms with Gasteiger partial charge in [-0.3, -0.25) is 4.79 Å². The van der Waals surface area contributed by atoms with Crippen LogP contribution in [0.5, 0.6) is 5.75 Å². The van der Waals surface area contributed by atoms with Crippen LogP contribution in [-0.2, 0) is 0 Å². The first-order chi connectivity index (χ1) is 12.3. The summed E-state index contributed by atoms with van der Waals surface area (Å²) < 4.78 is 32.4. The molecule has 0 spiro atoms. The van der Waals surface area contributed by atoms with Gasteiger partial charge in [0, 0.05) is 25.7 Å². The molecule has 0 aliphatic carbocycles. The molecule has 26 heavy (non-hydrogen) atoms. The van der Waals surface area contributed by atoms with Gasteiger partial charge in [0.1, 0.15) is 11.6 Å².